The molecule has 1 spiro atoms. The first kappa shape index (κ1) is 15.6. The highest BCUT2D eigenvalue weighted by atomic mass is 16.2. The fraction of sp³-hybridized carbons (Fsp3) is 0.550. The summed E-state index contributed by atoms with van der Waals surface area (Å²) in [4.78, 5) is 36.4. The Balaban J connectivity index is 1.42. The van der Waals surface area contributed by atoms with Crippen LogP contribution in [0.1, 0.15) is 60.0 Å². The van der Waals surface area contributed by atoms with E-state index in [4.69, 9.17) is 0 Å². The van der Waals surface area contributed by atoms with Gasteiger partial charge < -0.3 is 0 Å². The highest BCUT2D eigenvalue weighted by Gasteiger charge is 2.55. The van der Waals surface area contributed by atoms with E-state index in [1.165, 1.54) is 11.1 Å². The van der Waals surface area contributed by atoms with Gasteiger partial charge in [0.15, 0.2) is 5.78 Å². The van der Waals surface area contributed by atoms with Gasteiger partial charge in [0.1, 0.15) is 0 Å². The quantitative estimate of drug-likeness (QED) is 0.869. The van der Waals surface area contributed by atoms with Gasteiger partial charge in [-0.1, -0.05) is 18.2 Å². The highest BCUT2D eigenvalue weighted by molar-refractivity contribution is 6.03. The van der Waals surface area contributed by atoms with Gasteiger partial charge in [-0.15, -0.1) is 0 Å². The second-order valence-electron chi connectivity index (χ2n) is 7.88. The van der Waals surface area contributed by atoms with E-state index in [1.807, 2.05) is 12.1 Å². The monoisotopic (exact) mass is 325 g/mol. The molecule has 1 heterocycles. The van der Waals surface area contributed by atoms with Crippen molar-refractivity contribution in [2.24, 2.45) is 17.3 Å². The van der Waals surface area contributed by atoms with Crippen molar-refractivity contribution < 1.29 is 14.4 Å². The van der Waals surface area contributed by atoms with Gasteiger partial charge >= 0.3 is 0 Å². The summed E-state index contributed by atoms with van der Waals surface area (Å²) in [5, 5.41) is 2.56. The van der Waals surface area contributed by atoms with Crippen LogP contribution in [0.15, 0.2) is 18.2 Å². The molecule has 3 aliphatic rings. The van der Waals surface area contributed by atoms with Crippen LogP contribution in [-0.4, -0.2) is 17.6 Å². The number of fused-ring (bicyclic) bond motifs is 1. The van der Waals surface area contributed by atoms with E-state index in [1.54, 1.807) is 0 Å². The molecule has 0 aromatic heterocycles. The number of hydrogen-bond acceptors (Lipinski definition) is 3. The van der Waals surface area contributed by atoms with Crippen LogP contribution >= 0.6 is 0 Å². The van der Waals surface area contributed by atoms with Crippen molar-refractivity contribution in [3.8, 4) is 0 Å². The van der Waals surface area contributed by atoms with Gasteiger partial charge in [0.05, 0.1) is 5.41 Å². The second-order valence-corrected chi connectivity index (χ2v) is 7.88. The van der Waals surface area contributed by atoms with Crippen LogP contribution in [0.4, 0.5) is 0 Å². The molecule has 1 saturated carbocycles. The standard InChI is InChI=1S/C20H23NO3/c1-12-3-2-4-15-16(12)9-13(10-17(15)22)5-6-14-11-20(7-8-20)19(24)21-18(14)23/h2-4,13-14H,5-11H2,1H3,(H,21,23,24). The molecule has 1 aromatic carbocycles. The molecular weight excluding hydrogens is 302 g/mol. The van der Waals surface area contributed by atoms with Crippen LogP contribution in [-0.2, 0) is 16.0 Å². The van der Waals surface area contributed by atoms with Gasteiger partial charge in [-0.25, -0.2) is 0 Å². The normalized spacial score (nSPS) is 27.8. The Morgan fingerprint density at radius 1 is 1.12 bits per heavy atom. The molecule has 2 amide bonds. The first-order valence-electron chi connectivity index (χ1n) is 8.95. The minimum Gasteiger partial charge on any atom is -0.296 e. The SMILES string of the molecule is Cc1cccc2c1CC(CCC1CC3(CC3)C(=O)NC1=O)CC2=O. The molecule has 1 saturated heterocycles. The Morgan fingerprint density at radius 2 is 1.92 bits per heavy atom. The lowest BCUT2D eigenvalue weighted by Gasteiger charge is -2.30. The molecule has 2 unspecified atom stereocenters. The maximum Gasteiger partial charge on any atom is 0.232 e. The molecule has 1 N–H and O–H groups in total. The van der Waals surface area contributed by atoms with Gasteiger partial charge in [-0.3, -0.25) is 19.7 Å². The van der Waals surface area contributed by atoms with Gasteiger partial charge in [0.2, 0.25) is 11.8 Å². The number of carbonyl (C=O) groups is 3. The summed E-state index contributed by atoms with van der Waals surface area (Å²) in [6.45, 7) is 2.06. The Kier molecular flexibility index (Phi) is 3.59. The van der Waals surface area contributed by atoms with Crippen LogP contribution < -0.4 is 5.32 Å². The third-order valence-corrected chi connectivity index (χ3v) is 6.18. The zero-order valence-electron chi connectivity index (χ0n) is 14.1. The molecule has 4 rings (SSSR count). The van der Waals surface area contributed by atoms with Crippen molar-refractivity contribution in [1.82, 2.24) is 5.32 Å². The first-order valence-corrected chi connectivity index (χ1v) is 8.95. The molecule has 0 radical (unpaired) electrons. The van der Waals surface area contributed by atoms with Crippen molar-refractivity contribution >= 4 is 17.6 Å². The zero-order chi connectivity index (χ0) is 16.9. The predicted molar refractivity (Wildman–Crippen MR) is 89.5 cm³/mol. The van der Waals surface area contributed by atoms with E-state index < -0.39 is 0 Å². The van der Waals surface area contributed by atoms with E-state index in [9.17, 15) is 14.4 Å². The molecule has 2 fully saturated rings. The second kappa shape index (κ2) is 5.54. The number of hydrogen-bond donors (Lipinski definition) is 1. The van der Waals surface area contributed by atoms with Gasteiger partial charge in [-0.2, -0.15) is 0 Å². The van der Waals surface area contributed by atoms with E-state index in [2.05, 4.69) is 18.3 Å². The van der Waals surface area contributed by atoms with Crippen LogP contribution in [0.2, 0.25) is 0 Å². The predicted octanol–water partition coefficient (Wildman–Crippen LogP) is 2.96. The molecule has 1 aliphatic heterocycles. The van der Waals surface area contributed by atoms with E-state index in [0.29, 0.717) is 18.8 Å². The lowest BCUT2D eigenvalue weighted by atomic mass is 9.76. The largest absolute Gasteiger partial charge is 0.296 e. The Morgan fingerprint density at radius 3 is 2.67 bits per heavy atom. The first-order chi connectivity index (χ1) is 11.5. The summed E-state index contributed by atoms with van der Waals surface area (Å²) in [6.07, 6.45) is 5.69. The third-order valence-electron chi connectivity index (χ3n) is 6.18. The topological polar surface area (TPSA) is 63.2 Å². The number of carbonyl (C=O) groups excluding carboxylic acids is 3. The summed E-state index contributed by atoms with van der Waals surface area (Å²) >= 11 is 0. The maximum absolute atomic E-state index is 12.4. The van der Waals surface area contributed by atoms with Crippen LogP contribution in [0.25, 0.3) is 0 Å². The highest BCUT2D eigenvalue weighted by Crippen LogP contribution is 2.53. The van der Waals surface area contributed by atoms with Gasteiger partial charge in [0.25, 0.3) is 0 Å². The van der Waals surface area contributed by atoms with Crippen molar-refractivity contribution in [3.05, 3.63) is 34.9 Å². The van der Waals surface area contributed by atoms with Crippen molar-refractivity contribution in [2.75, 3.05) is 0 Å². The molecule has 2 aliphatic carbocycles. The summed E-state index contributed by atoms with van der Waals surface area (Å²) in [5.74, 6) is 0.287. The van der Waals surface area contributed by atoms with Crippen molar-refractivity contribution in [1.29, 1.82) is 0 Å². The van der Waals surface area contributed by atoms with Gasteiger partial charge in [0, 0.05) is 17.9 Å². The van der Waals surface area contributed by atoms with Crippen LogP contribution in [0, 0.1) is 24.2 Å². The van der Waals surface area contributed by atoms with E-state index in [-0.39, 0.29) is 28.9 Å². The van der Waals surface area contributed by atoms with E-state index in [0.717, 1.165) is 37.7 Å². The Labute approximate surface area is 142 Å². The average Bonchev–Trinajstić information content (AvgIpc) is 3.32. The number of ketones is 1. The summed E-state index contributed by atoms with van der Waals surface area (Å²) in [7, 11) is 0. The molecule has 2 atom stereocenters. The fourth-order valence-corrected chi connectivity index (χ4v) is 4.43. The molecule has 4 heteroatoms. The average molecular weight is 325 g/mol. The van der Waals surface area contributed by atoms with Crippen molar-refractivity contribution in [2.45, 2.75) is 51.9 Å². The summed E-state index contributed by atoms with van der Waals surface area (Å²) in [5.41, 5.74) is 3.00. The van der Waals surface area contributed by atoms with Crippen LogP contribution in [0.5, 0.6) is 0 Å². The number of rotatable bonds is 3. The summed E-state index contributed by atoms with van der Waals surface area (Å²) in [6, 6.07) is 5.94. The molecule has 4 nitrogen and oxygen atoms in total. The number of benzene rings is 1. The number of nitrogens with one attached hydrogen (secondary N) is 1. The lowest BCUT2D eigenvalue weighted by Crippen LogP contribution is -2.47. The molecule has 126 valence electrons. The third kappa shape index (κ3) is 2.58. The van der Waals surface area contributed by atoms with Gasteiger partial charge in [-0.05, 0) is 62.5 Å². The Hall–Kier alpha value is -1.97. The summed E-state index contributed by atoms with van der Waals surface area (Å²) < 4.78 is 0. The number of aryl methyl sites for hydroxylation is 1. The molecule has 24 heavy (non-hydrogen) atoms. The van der Waals surface area contributed by atoms with E-state index >= 15 is 0 Å². The molecule has 0 bridgehead atoms. The number of Topliss-reactive ketones (excluding diaryl/α,β-unsaturated/α-hetero) is 1. The molecule has 1 aromatic rings. The minimum absolute atomic E-state index is 0.0684. The minimum atomic E-state index is -0.246. The smallest absolute Gasteiger partial charge is 0.232 e. The lowest BCUT2D eigenvalue weighted by molar-refractivity contribution is -0.141. The zero-order valence-corrected chi connectivity index (χ0v) is 14.1. The number of piperidine rings is 1. The molecular formula is C20H23NO3. The number of amides is 2. The maximum atomic E-state index is 12.4. The van der Waals surface area contributed by atoms with Crippen LogP contribution in [0.3, 0.4) is 0 Å². The Bertz CT molecular complexity index is 732. The number of imide groups is 1. The fourth-order valence-electron chi connectivity index (χ4n) is 4.43. The van der Waals surface area contributed by atoms with Crippen molar-refractivity contribution in [3.63, 3.8) is 0 Å².